The third kappa shape index (κ3) is 4.63. The van der Waals surface area contributed by atoms with Gasteiger partial charge in [0.2, 0.25) is 5.91 Å². The second-order valence-corrected chi connectivity index (χ2v) is 12.1. The van der Waals surface area contributed by atoms with Gasteiger partial charge in [-0.25, -0.2) is 0 Å². The normalized spacial score (nSPS) is 27.8. The maximum atomic E-state index is 15.0. The van der Waals surface area contributed by atoms with Crippen molar-refractivity contribution in [3.63, 3.8) is 0 Å². The summed E-state index contributed by atoms with van der Waals surface area (Å²) < 4.78 is 12.4. The first-order chi connectivity index (χ1) is 21.3. The summed E-state index contributed by atoms with van der Waals surface area (Å²) in [4.78, 5) is 46.4. The lowest BCUT2D eigenvalue weighted by Crippen LogP contribution is -2.59. The van der Waals surface area contributed by atoms with Gasteiger partial charge in [0.05, 0.1) is 30.8 Å². The van der Waals surface area contributed by atoms with E-state index in [9.17, 15) is 14.7 Å². The number of carbonyl (C=O) groups excluding carboxylic acids is 3. The average molecular weight is 597 g/mol. The van der Waals surface area contributed by atoms with Crippen molar-refractivity contribution in [1.29, 1.82) is 0 Å². The Kier molecular flexibility index (Phi) is 8.07. The molecule has 0 aromatic heterocycles. The molecule has 2 unspecified atom stereocenters. The Balaban J connectivity index is 1.48. The number of nitrogens with zero attached hydrogens (tertiary/aromatic N) is 2. The molecule has 8 nitrogen and oxygen atoms in total. The summed E-state index contributed by atoms with van der Waals surface area (Å²) in [6, 6.07) is 21.6. The molecule has 3 fully saturated rings. The number of hydrogen-bond donors (Lipinski definition) is 1. The lowest BCUT2D eigenvalue weighted by Gasteiger charge is -2.39. The summed E-state index contributed by atoms with van der Waals surface area (Å²) in [5.41, 5.74) is -0.529. The number of aliphatic hydroxyl groups is 1. The van der Waals surface area contributed by atoms with Gasteiger partial charge in [-0.15, -0.1) is 6.58 Å². The van der Waals surface area contributed by atoms with Gasteiger partial charge in [0.1, 0.15) is 17.6 Å². The van der Waals surface area contributed by atoms with Crippen LogP contribution in [0.3, 0.4) is 0 Å². The minimum absolute atomic E-state index is 0.178. The number of anilines is 1. The molecule has 6 atom stereocenters. The average Bonchev–Trinajstić information content (AvgIpc) is 3.66. The maximum absolute atomic E-state index is 15.0. The van der Waals surface area contributed by atoms with Crippen molar-refractivity contribution in [2.24, 2.45) is 11.8 Å². The predicted octanol–water partition coefficient (Wildman–Crippen LogP) is 4.68. The Hall–Kier alpha value is -4.01. The Bertz CT molecular complexity index is 1580. The van der Waals surface area contributed by atoms with Gasteiger partial charge in [-0.1, -0.05) is 73.7 Å². The van der Waals surface area contributed by atoms with Gasteiger partial charge in [0, 0.05) is 12.2 Å². The monoisotopic (exact) mass is 596 g/mol. The number of hydrogen-bond acceptors (Lipinski definition) is 6. The number of rotatable bonds is 11. The molecular formula is C36H40N2O6. The second kappa shape index (κ2) is 11.8. The van der Waals surface area contributed by atoms with Gasteiger partial charge in [-0.3, -0.25) is 14.4 Å². The van der Waals surface area contributed by atoms with Crippen LogP contribution in [0.4, 0.5) is 5.69 Å². The van der Waals surface area contributed by atoms with Crippen LogP contribution in [0.25, 0.3) is 10.8 Å². The smallest absolute Gasteiger partial charge is 0.312 e. The van der Waals surface area contributed by atoms with E-state index in [1.54, 1.807) is 17.9 Å². The largest absolute Gasteiger partial charge is 0.466 e. The van der Waals surface area contributed by atoms with Crippen LogP contribution in [0.15, 0.2) is 85.5 Å². The first-order valence-electron chi connectivity index (χ1n) is 15.6. The van der Waals surface area contributed by atoms with E-state index in [4.69, 9.17) is 9.47 Å². The number of carbonyl (C=O) groups is 3. The molecule has 3 heterocycles. The van der Waals surface area contributed by atoms with Crippen molar-refractivity contribution in [1.82, 2.24) is 4.90 Å². The Labute approximate surface area is 258 Å². The number of amides is 2. The molecule has 0 saturated carbocycles. The highest BCUT2D eigenvalue weighted by Crippen LogP contribution is 2.65. The Morgan fingerprint density at radius 2 is 1.82 bits per heavy atom. The van der Waals surface area contributed by atoms with Crippen molar-refractivity contribution >= 4 is 34.2 Å². The van der Waals surface area contributed by atoms with E-state index in [1.165, 1.54) is 4.90 Å². The summed E-state index contributed by atoms with van der Waals surface area (Å²) in [5.74, 6) is -2.86. The number of benzene rings is 3. The van der Waals surface area contributed by atoms with Crippen LogP contribution in [0, 0.1) is 11.8 Å². The summed E-state index contributed by atoms with van der Waals surface area (Å²) in [6.45, 7) is 7.65. The van der Waals surface area contributed by atoms with Crippen LogP contribution in [0.2, 0.25) is 0 Å². The van der Waals surface area contributed by atoms with Crippen molar-refractivity contribution in [2.75, 3.05) is 24.7 Å². The Morgan fingerprint density at radius 1 is 1.09 bits per heavy atom. The van der Waals surface area contributed by atoms with Gasteiger partial charge in [0.25, 0.3) is 5.91 Å². The molecule has 2 amide bonds. The van der Waals surface area contributed by atoms with E-state index < -0.39 is 41.1 Å². The molecule has 230 valence electrons. The van der Waals surface area contributed by atoms with Gasteiger partial charge in [0.15, 0.2) is 0 Å². The fraction of sp³-hybridized carbons (Fsp3) is 0.417. The summed E-state index contributed by atoms with van der Waals surface area (Å²) in [5, 5.41) is 12.8. The van der Waals surface area contributed by atoms with Gasteiger partial charge in [-0.2, -0.15) is 0 Å². The number of fused-ring (bicyclic) bond motifs is 2. The Morgan fingerprint density at radius 3 is 2.50 bits per heavy atom. The maximum Gasteiger partial charge on any atom is 0.312 e. The molecule has 0 radical (unpaired) electrons. The van der Waals surface area contributed by atoms with E-state index in [-0.39, 0.29) is 31.6 Å². The molecule has 3 aromatic rings. The molecule has 1 spiro atoms. The number of aliphatic hydroxyl groups excluding tert-OH is 1. The van der Waals surface area contributed by atoms with Crippen LogP contribution in [0.1, 0.15) is 38.7 Å². The van der Waals surface area contributed by atoms with Crippen LogP contribution in [0.5, 0.6) is 0 Å². The van der Waals surface area contributed by atoms with Crippen molar-refractivity contribution in [3.05, 3.63) is 91.0 Å². The highest BCUT2D eigenvalue weighted by atomic mass is 16.6. The molecule has 3 aliphatic heterocycles. The lowest BCUT2D eigenvalue weighted by atomic mass is 9.65. The van der Waals surface area contributed by atoms with Gasteiger partial charge < -0.3 is 24.4 Å². The number of likely N-dealkylation sites (tertiary alicyclic amines) is 1. The zero-order chi connectivity index (χ0) is 31.1. The first-order valence-corrected chi connectivity index (χ1v) is 15.6. The fourth-order valence-corrected chi connectivity index (χ4v) is 8.00. The van der Waals surface area contributed by atoms with E-state index in [0.717, 1.165) is 16.3 Å². The zero-order valence-electron chi connectivity index (χ0n) is 25.4. The number of esters is 1. The standard InChI is InChI=1S/C36H40N2O6/c1-4-20-37(27-17-16-25-14-10-11-15-26(25)22-27)33(41)31-36-19-18-35(5-2,44-36)30(34(42)43-6-3)29(36)32(40)38(31)28(23-39)21-24-12-8-7-9-13-24/h4,7-17,22,28-31,39H,1,5-6,18-21,23H2,2-3H3/t28-,29+,30+,31?,35-,36?/m1/s1. The van der Waals surface area contributed by atoms with Gasteiger partial charge in [-0.05, 0) is 61.1 Å². The highest BCUT2D eigenvalue weighted by molar-refractivity contribution is 6.05. The molecule has 0 aliphatic carbocycles. The topological polar surface area (TPSA) is 96.4 Å². The summed E-state index contributed by atoms with van der Waals surface area (Å²) in [7, 11) is 0. The summed E-state index contributed by atoms with van der Waals surface area (Å²) in [6.07, 6.45) is 3.50. The minimum atomic E-state index is -1.23. The minimum Gasteiger partial charge on any atom is -0.466 e. The predicted molar refractivity (Wildman–Crippen MR) is 168 cm³/mol. The van der Waals surface area contributed by atoms with Gasteiger partial charge >= 0.3 is 5.97 Å². The van der Waals surface area contributed by atoms with E-state index >= 15 is 4.79 Å². The van der Waals surface area contributed by atoms with E-state index in [0.29, 0.717) is 31.4 Å². The van der Waals surface area contributed by atoms with E-state index in [1.807, 2.05) is 79.7 Å². The highest BCUT2D eigenvalue weighted by Gasteiger charge is 2.79. The zero-order valence-corrected chi connectivity index (χ0v) is 25.4. The lowest BCUT2D eigenvalue weighted by molar-refractivity contribution is -0.161. The van der Waals surface area contributed by atoms with Crippen LogP contribution in [-0.4, -0.2) is 70.8 Å². The SMILES string of the molecule is C=CCN(C(=O)C1N([C@@H](CO)Cc2ccccc2)C(=O)[C@@H]2[C@@H](C(=O)OCC)[C@@]3(CC)CCC12O3)c1ccc2ccccc2c1. The number of ether oxygens (including phenoxy) is 2. The molecule has 1 N–H and O–H groups in total. The van der Waals surface area contributed by atoms with E-state index in [2.05, 4.69) is 6.58 Å². The van der Waals surface area contributed by atoms with Crippen LogP contribution >= 0.6 is 0 Å². The molecule has 2 bridgehead atoms. The quantitative estimate of drug-likeness (QED) is 0.255. The third-order valence-electron chi connectivity index (χ3n) is 9.93. The third-order valence-corrected chi connectivity index (χ3v) is 9.93. The van der Waals surface area contributed by atoms with Crippen molar-refractivity contribution < 1.29 is 29.0 Å². The molecule has 8 heteroatoms. The molecule has 44 heavy (non-hydrogen) atoms. The summed E-state index contributed by atoms with van der Waals surface area (Å²) >= 11 is 0. The molecule has 3 saturated heterocycles. The molecule has 3 aromatic carbocycles. The second-order valence-electron chi connectivity index (χ2n) is 12.1. The van der Waals surface area contributed by atoms with Crippen LogP contribution in [-0.2, 0) is 30.3 Å². The molecular weight excluding hydrogens is 556 g/mol. The van der Waals surface area contributed by atoms with Crippen molar-refractivity contribution in [3.8, 4) is 0 Å². The molecule has 3 aliphatic rings. The molecule has 6 rings (SSSR count). The first kappa shape index (κ1) is 30.0. The van der Waals surface area contributed by atoms with Crippen LogP contribution < -0.4 is 4.90 Å². The van der Waals surface area contributed by atoms with Crippen molar-refractivity contribution in [2.45, 2.75) is 62.8 Å². The fourth-order valence-electron chi connectivity index (χ4n) is 8.00.